The molecule has 2 aromatic carbocycles. The molecule has 1 amide bonds. The number of hydrogen-bond acceptors (Lipinski definition) is 7. The van der Waals surface area contributed by atoms with Crippen molar-refractivity contribution in [3.8, 4) is 11.5 Å². The molecule has 9 nitrogen and oxygen atoms in total. The average Bonchev–Trinajstić information content (AvgIpc) is 2.90. The highest BCUT2D eigenvalue weighted by atomic mass is 16.5. The summed E-state index contributed by atoms with van der Waals surface area (Å²) in [7, 11) is 0. The molecule has 1 saturated heterocycles. The Kier molecular flexibility index (Phi) is 8.56. The minimum absolute atomic E-state index is 0.0251. The van der Waals surface area contributed by atoms with Crippen molar-refractivity contribution in [1.29, 1.82) is 0 Å². The number of carboxylic acids is 1. The number of piperidine rings is 1. The van der Waals surface area contributed by atoms with Gasteiger partial charge in [0.25, 0.3) is 0 Å². The van der Waals surface area contributed by atoms with E-state index in [9.17, 15) is 9.59 Å². The van der Waals surface area contributed by atoms with Gasteiger partial charge >= 0.3 is 5.97 Å². The van der Waals surface area contributed by atoms with E-state index in [4.69, 9.17) is 14.6 Å². The fourth-order valence-corrected chi connectivity index (χ4v) is 4.29. The number of anilines is 2. The summed E-state index contributed by atoms with van der Waals surface area (Å²) >= 11 is 0. The normalized spacial score (nSPS) is 16.1. The molecule has 2 heterocycles. The second-order valence-electron chi connectivity index (χ2n) is 9.07. The zero-order chi connectivity index (χ0) is 26.2. The molecule has 4 rings (SSSR count). The van der Waals surface area contributed by atoms with Crippen molar-refractivity contribution < 1.29 is 24.2 Å². The van der Waals surface area contributed by atoms with E-state index in [1.165, 1.54) is 6.20 Å². The third-order valence-electron chi connectivity index (χ3n) is 6.21. The van der Waals surface area contributed by atoms with Crippen LogP contribution in [-0.4, -0.2) is 52.8 Å². The molecule has 1 aromatic heterocycles. The number of hydrogen-bond donors (Lipinski definition) is 2. The van der Waals surface area contributed by atoms with Crippen molar-refractivity contribution in [2.24, 2.45) is 5.92 Å². The van der Waals surface area contributed by atoms with Crippen molar-refractivity contribution in [3.63, 3.8) is 0 Å². The lowest BCUT2D eigenvalue weighted by Gasteiger charge is -2.33. The Morgan fingerprint density at radius 1 is 1.14 bits per heavy atom. The average molecular weight is 505 g/mol. The number of carbonyl (C=O) groups is 2. The molecule has 1 fully saturated rings. The van der Waals surface area contributed by atoms with Gasteiger partial charge in [0.2, 0.25) is 5.91 Å². The SMILES string of the molecule is CCOc1ccccc1O[C@@H]1CCCN(c2cncc(NC(=O)C(C)Cc3ccc(C(=O)O)cc3)n2)C1. The number of ether oxygens (including phenoxy) is 2. The van der Waals surface area contributed by atoms with Gasteiger partial charge in [0.15, 0.2) is 17.3 Å². The van der Waals surface area contributed by atoms with E-state index < -0.39 is 5.97 Å². The highest BCUT2D eigenvalue weighted by Crippen LogP contribution is 2.30. The van der Waals surface area contributed by atoms with Crippen molar-refractivity contribution in [1.82, 2.24) is 9.97 Å². The molecule has 0 radical (unpaired) electrons. The second kappa shape index (κ2) is 12.2. The maximum Gasteiger partial charge on any atom is 0.335 e. The Hall–Kier alpha value is -4.14. The molecule has 0 aliphatic carbocycles. The number of para-hydroxylation sites is 2. The zero-order valence-electron chi connectivity index (χ0n) is 21.1. The molecule has 1 aliphatic heterocycles. The Bertz CT molecular complexity index is 1220. The predicted molar refractivity (Wildman–Crippen MR) is 140 cm³/mol. The maximum absolute atomic E-state index is 12.8. The van der Waals surface area contributed by atoms with Crippen LogP contribution in [0.5, 0.6) is 11.5 Å². The number of nitrogens with one attached hydrogen (secondary N) is 1. The summed E-state index contributed by atoms with van der Waals surface area (Å²) in [5.74, 6) is 1.05. The molecule has 0 spiro atoms. The smallest absolute Gasteiger partial charge is 0.335 e. The highest BCUT2D eigenvalue weighted by Gasteiger charge is 2.24. The van der Waals surface area contributed by atoms with E-state index in [1.807, 2.05) is 38.1 Å². The Labute approximate surface area is 216 Å². The molecule has 37 heavy (non-hydrogen) atoms. The van der Waals surface area contributed by atoms with Crippen LogP contribution in [0.2, 0.25) is 0 Å². The first kappa shape index (κ1) is 25.9. The summed E-state index contributed by atoms with van der Waals surface area (Å²) in [5.41, 5.74) is 1.11. The van der Waals surface area contributed by atoms with Crippen LogP contribution in [-0.2, 0) is 11.2 Å². The summed E-state index contributed by atoms with van der Waals surface area (Å²) in [6, 6.07) is 14.2. The Morgan fingerprint density at radius 2 is 1.89 bits per heavy atom. The summed E-state index contributed by atoms with van der Waals surface area (Å²) in [5, 5.41) is 11.9. The molecule has 2 atom stereocenters. The molecule has 3 aromatic rings. The van der Waals surface area contributed by atoms with Gasteiger partial charge in [0, 0.05) is 12.5 Å². The van der Waals surface area contributed by atoms with E-state index in [1.54, 1.807) is 30.5 Å². The maximum atomic E-state index is 12.8. The summed E-state index contributed by atoms with van der Waals surface area (Å²) in [6.07, 6.45) is 5.55. The summed E-state index contributed by atoms with van der Waals surface area (Å²) in [6.45, 7) is 5.81. The Morgan fingerprint density at radius 3 is 2.62 bits per heavy atom. The first-order valence-electron chi connectivity index (χ1n) is 12.5. The van der Waals surface area contributed by atoms with Crippen LogP contribution < -0.4 is 19.7 Å². The first-order chi connectivity index (χ1) is 17.9. The van der Waals surface area contributed by atoms with Crippen molar-refractivity contribution in [3.05, 3.63) is 72.1 Å². The third-order valence-corrected chi connectivity index (χ3v) is 6.21. The molecular weight excluding hydrogens is 472 g/mol. The van der Waals surface area contributed by atoms with Gasteiger partial charge in [-0.1, -0.05) is 31.2 Å². The van der Waals surface area contributed by atoms with Gasteiger partial charge in [0.1, 0.15) is 11.9 Å². The van der Waals surface area contributed by atoms with E-state index in [2.05, 4.69) is 20.2 Å². The Balaban J connectivity index is 1.36. The van der Waals surface area contributed by atoms with Crippen molar-refractivity contribution in [2.45, 2.75) is 39.2 Å². The van der Waals surface area contributed by atoms with Crippen LogP contribution in [0, 0.1) is 5.92 Å². The minimum atomic E-state index is -0.974. The molecule has 0 saturated carbocycles. The van der Waals surface area contributed by atoms with Gasteiger partial charge in [-0.05, 0) is 56.0 Å². The van der Waals surface area contributed by atoms with Crippen LogP contribution in [0.3, 0.4) is 0 Å². The van der Waals surface area contributed by atoms with Gasteiger partial charge < -0.3 is 24.8 Å². The van der Waals surface area contributed by atoms with E-state index in [0.29, 0.717) is 31.2 Å². The number of rotatable bonds is 10. The molecule has 194 valence electrons. The van der Waals surface area contributed by atoms with Gasteiger partial charge in [-0.25, -0.2) is 9.78 Å². The van der Waals surface area contributed by atoms with Crippen LogP contribution in [0.15, 0.2) is 60.9 Å². The van der Waals surface area contributed by atoms with Crippen molar-refractivity contribution >= 4 is 23.5 Å². The number of aromatic carboxylic acids is 1. The number of amides is 1. The molecule has 0 bridgehead atoms. The van der Waals surface area contributed by atoms with Crippen LogP contribution in [0.1, 0.15) is 42.6 Å². The van der Waals surface area contributed by atoms with Gasteiger partial charge in [-0.3, -0.25) is 9.78 Å². The fourth-order valence-electron chi connectivity index (χ4n) is 4.29. The topological polar surface area (TPSA) is 114 Å². The summed E-state index contributed by atoms with van der Waals surface area (Å²) < 4.78 is 12.0. The lowest BCUT2D eigenvalue weighted by atomic mass is 9.99. The second-order valence-corrected chi connectivity index (χ2v) is 9.07. The monoisotopic (exact) mass is 504 g/mol. The molecule has 1 unspecified atom stereocenters. The highest BCUT2D eigenvalue weighted by molar-refractivity contribution is 5.91. The van der Waals surface area contributed by atoms with Crippen LogP contribution in [0.25, 0.3) is 0 Å². The minimum Gasteiger partial charge on any atom is -0.490 e. The lowest BCUT2D eigenvalue weighted by Crippen LogP contribution is -2.41. The van der Waals surface area contributed by atoms with Crippen molar-refractivity contribution in [2.75, 3.05) is 29.9 Å². The number of carbonyl (C=O) groups excluding carboxylic acids is 1. The van der Waals surface area contributed by atoms with Gasteiger partial charge in [-0.2, -0.15) is 0 Å². The molecule has 1 aliphatic rings. The zero-order valence-corrected chi connectivity index (χ0v) is 21.1. The van der Waals surface area contributed by atoms with Crippen LogP contribution in [0.4, 0.5) is 11.6 Å². The largest absolute Gasteiger partial charge is 0.490 e. The fraction of sp³-hybridized carbons (Fsp3) is 0.357. The third kappa shape index (κ3) is 6.97. The number of benzene rings is 2. The number of nitrogens with zero attached hydrogens (tertiary/aromatic N) is 3. The molecule has 2 N–H and O–H groups in total. The summed E-state index contributed by atoms with van der Waals surface area (Å²) in [4.78, 5) is 34.9. The predicted octanol–water partition coefficient (Wildman–Crippen LogP) is 4.44. The van der Waals surface area contributed by atoms with E-state index >= 15 is 0 Å². The molecule has 9 heteroatoms. The van der Waals surface area contributed by atoms with E-state index in [-0.39, 0.29) is 23.5 Å². The standard InChI is InChI=1S/C28H32N4O5/c1-3-36-23-8-4-5-9-24(23)37-22-7-6-14-32(18-22)26-17-29-16-25(30-26)31-27(33)19(2)15-20-10-12-21(13-11-20)28(34)35/h4-5,8-13,16-17,19,22H,3,6-7,14-15,18H2,1-2H3,(H,34,35)(H,30,31,33)/t19?,22-/m1/s1. The molecular formula is C28H32N4O5. The van der Waals surface area contributed by atoms with Crippen LogP contribution >= 0.6 is 0 Å². The van der Waals surface area contributed by atoms with Gasteiger partial charge in [0.05, 0.1) is 31.1 Å². The number of carboxylic acid groups (broad SMARTS) is 1. The lowest BCUT2D eigenvalue weighted by molar-refractivity contribution is -0.119. The quantitative estimate of drug-likeness (QED) is 0.417. The van der Waals surface area contributed by atoms with Gasteiger partial charge in [-0.15, -0.1) is 0 Å². The first-order valence-corrected chi connectivity index (χ1v) is 12.5. The number of aromatic nitrogens is 2. The van der Waals surface area contributed by atoms with E-state index in [0.717, 1.165) is 36.4 Å².